The Balaban J connectivity index is 2.63. The maximum absolute atomic E-state index is 6.16. The van der Waals surface area contributed by atoms with Crippen LogP contribution in [0.3, 0.4) is 0 Å². The number of benzene rings is 1. The lowest BCUT2D eigenvalue weighted by atomic mass is 9.81. The van der Waals surface area contributed by atoms with E-state index < -0.39 is 0 Å². The fraction of sp³-hybridized carbons (Fsp3) is 0.571. The first kappa shape index (κ1) is 15.2. The average molecular weight is 291 g/mol. The van der Waals surface area contributed by atoms with E-state index in [0.717, 1.165) is 12.8 Å². The Labute approximate surface area is 119 Å². The van der Waals surface area contributed by atoms with Crippen molar-refractivity contribution in [3.63, 3.8) is 0 Å². The summed E-state index contributed by atoms with van der Waals surface area (Å²) in [6.45, 7) is 0. The van der Waals surface area contributed by atoms with Gasteiger partial charge in [-0.05, 0) is 36.8 Å². The lowest BCUT2D eigenvalue weighted by Crippen LogP contribution is -2.28. The van der Waals surface area contributed by atoms with Gasteiger partial charge >= 0.3 is 0 Å². The summed E-state index contributed by atoms with van der Waals surface area (Å²) in [5.74, 6) is 2.46. The molecule has 0 bridgehead atoms. The summed E-state index contributed by atoms with van der Waals surface area (Å²) in [6.07, 6.45) is 5.42. The summed E-state index contributed by atoms with van der Waals surface area (Å²) >= 11 is 14.2. The Kier molecular flexibility index (Phi) is 7.41. The molecule has 1 aromatic carbocycles. The molecule has 0 amide bonds. The van der Waals surface area contributed by atoms with Gasteiger partial charge in [0.25, 0.3) is 0 Å². The van der Waals surface area contributed by atoms with E-state index >= 15 is 0 Å². The second kappa shape index (κ2) is 8.29. The van der Waals surface area contributed by atoms with Gasteiger partial charge in [-0.15, -0.1) is 23.2 Å². The zero-order valence-corrected chi connectivity index (χ0v) is 12.6. The fourth-order valence-corrected chi connectivity index (χ4v) is 3.15. The third-order valence-corrected chi connectivity index (χ3v) is 4.88. The first-order valence-corrected chi connectivity index (χ1v) is 8.37. The molecule has 0 nitrogen and oxygen atoms in total. The molecule has 0 atom stereocenters. The summed E-state index contributed by atoms with van der Waals surface area (Å²) in [6, 6.07) is 10.5. The maximum atomic E-state index is 6.16. The predicted molar refractivity (Wildman–Crippen MR) is 81.6 cm³/mol. The molecule has 0 N–H and O–H groups in total. The van der Waals surface area contributed by atoms with Crippen LogP contribution in [0.25, 0.3) is 0 Å². The molecule has 1 rings (SSSR count). The van der Waals surface area contributed by atoms with Crippen molar-refractivity contribution in [1.82, 2.24) is 0 Å². The molecule has 0 aliphatic rings. The molecule has 0 fully saturated rings. The topological polar surface area (TPSA) is 0 Å². The molecule has 0 aromatic heterocycles. The monoisotopic (exact) mass is 290 g/mol. The van der Waals surface area contributed by atoms with E-state index in [0.29, 0.717) is 11.8 Å². The normalized spacial score (nSPS) is 11.7. The van der Waals surface area contributed by atoms with Gasteiger partial charge in [-0.3, -0.25) is 0 Å². The van der Waals surface area contributed by atoms with Crippen LogP contribution >= 0.6 is 35.0 Å². The van der Waals surface area contributed by atoms with Crippen LogP contribution in [0.5, 0.6) is 0 Å². The smallest absolute Gasteiger partial charge is 0.0294 e. The minimum atomic E-state index is 0.0557. The number of hydrogen-bond donors (Lipinski definition) is 0. The van der Waals surface area contributed by atoms with Crippen LogP contribution in [0.1, 0.15) is 18.4 Å². The van der Waals surface area contributed by atoms with Crippen LogP contribution in [0.4, 0.5) is 0 Å². The minimum absolute atomic E-state index is 0.0557. The Morgan fingerprint density at radius 1 is 1.12 bits per heavy atom. The second-order valence-electron chi connectivity index (χ2n) is 4.53. The first-order valence-electron chi connectivity index (χ1n) is 5.91. The molecule has 96 valence electrons. The van der Waals surface area contributed by atoms with E-state index in [-0.39, 0.29) is 5.41 Å². The number of hydrogen-bond acceptors (Lipinski definition) is 1. The first-order chi connectivity index (χ1) is 8.26. The quantitative estimate of drug-likeness (QED) is 0.488. The highest BCUT2D eigenvalue weighted by Crippen LogP contribution is 2.32. The summed E-state index contributed by atoms with van der Waals surface area (Å²) < 4.78 is 0. The summed E-state index contributed by atoms with van der Waals surface area (Å²) in [4.78, 5) is 0. The van der Waals surface area contributed by atoms with Crippen LogP contribution in [0.15, 0.2) is 30.3 Å². The highest BCUT2D eigenvalue weighted by atomic mass is 35.5. The zero-order chi connectivity index (χ0) is 12.6. The van der Waals surface area contributed by atoms with Crippen molar-refractivity contribution in [1.29, 1.82) is 0 Å². The number of halogens is 2. The molecule has 3 heteroatoms. The molecule has 0 heterocycles. The largest absolute Gasteiger partial charge is 0.165 e. The van der Waals surface area contributed by atoms with E-state index in [1.807, 2.05) is 17.8 Å². The van der Waals surface area contributed by atoms with Gasteiger partial charge in [-0.2, -0.15) is 11.8 Å². The Morgan fingerprint density at radius 2 is 1.76 bits per heavy atom. The highest BCUT2D eigenvalue weighted by Gasteiger charge is 2.28. The predicted octanol–water partition coefficient (Wildman–Crippen LogP) is 4.84. The van der Waals surface area contributed by atoms with Gasteiger partial charge in [0.2, 0.25) is 0 Å². The van der Waals surface area contributed by atoms with Crippen molar-refractivity contribution in [2.75, 3.05) is 23.8 Å². The van der Waals surface area contributed by atoms with Crippen LogP contribution in [-0.2, 0) is 6.42 Å². The van der Waals surface area contributed by atoms with Gasteiger partial charge in [0, 0.05) is 17.2 Å². The number of rotatable bonds is 8. The summed E-state index contributed by atoms with van der Waals surface area (Å²) in [5, 5.41) is 0. The van der Waals surface area contributed by atoms with E-state index in [1.165, 1.54) is 17.7 Å². The van der Waals surface area contributed by atoms with Gasteiger partial charge in [0.15, 0.2) is 0 Å². The van der Waals surface area contributed by atoms with Gasteiger partial charge in [0.05, 0.1) is 0 Å². The third-order valence-electron chi connectivity index (χ3n) is 3.04. The van der Waals surface area contributed by atoms with E-state index in [1.54, 1.807) is 0 Å². The van der Waals surface area contributed by atoms with Crippen molar-refractivity contribution < 1.29 is 0 Å². The van der Waals surface area contributed by atoms with Crippen molar-refractivity contribution in [2.45, 2.75) is 19.3 Å². The van der Waals surface area contributed by atoms with Crippen LogP contribution in [-0.4, -0.2) is 23.8 Å². The lowest BCUT2D eigenvalue weighted by molar-refractivity contribution is 0.342. The Hall–Kier alpha value is 0.150. The van der Waals surface area contributed by atoms with Crippen molar-refractivity contribution in [3.05, 3.63) is 35.9 Å². The van der Waals surface area contributed by atoms with Gasteiger partial charge in [-0.1, -0.05) is 30.3 Å². The van der Waals surface area contributed by atoms with Crippen molar-refractivity contribution >= 4 is 35.0 Å². The van der Waals surface area contributed by atoms with Crippen molar-refractivity contribution in [2.24, 2.45) is 5.41 Å². The number of alkyl halides is 2. The SMILES string of the molecule is CSCCCC(CCl)(CCl)Cc1ccccc1. The second-order valence-corrected chi connectivity index (χ2v) is 6.05. The molecule has 1 aromatic rings. The van der Waals surface area contributed by atoms with Crippen LogP contribution in [0.2, 0.25) is 0 Å². The fourth-order valence-electron chi connectivity index (χ4n) is 1.97. The molecule has 0 saturated carbocycles. The van der Waals surface area contributed by atoms with Gasteiger partial charge in [0.1, 0.15) is 0 Å². The van der Waals surface area contributed by atoms with Crippen LogP contribution in [0, 0.1) is 5.41 Å². The molecule has 17 heavy (non-hydrogen) atoms. The average Bonchev–Trinajstić information content (AvgIpc) is 2.39. The van der Waals surface area contributed by atoms with E-state index in [4.69, 9.17) is 23.2 Å². The van der Waals surface area contributed by atoms with E-state index in [9.17, 15) is 0 Å². The Morgan fingerprint density at radius 3 is 2.29 bits per heavy atom. The Bertz CT molecular complexity index is 296. The maximum Gasteiger partial charge on any atom is 0.0294 e. The van der Waals surface area contributed by atoms with Crippen LogP contribution < -0.4 is 0 Å². The lowest BCUT2D eigenvalue weighted by Gasteiger charge is -2.29. The molecule has 0 unspecified atom stereocenters. The standard InChI is InChI=1S/C14H20Cl2S/c1-17-9-5-8-14(11-15,12-16)10-13-6-3-2-4-7-13/h2-4,6-7H,5,8-12H2,1H3. The van der Waals surface area contributed by atoms with E-state index in [2.05, 4.69) is 30.5 Å². The zero-order valence-electron chi connectivity index (χ0n) is 10.3. The van der Waals surface area contributed by atoms with Gasteiger partial charge in [-0.25, -0.2) is 0 Å². The third kappa shape index (κ3) is 5.11. The molecule has 0 spiro atoms. The molecule has 0 aliphatic carbocycles. The molecular formula is C14H20Cl2S. The molecule has 0 aliphatic heterocycles. The molecule has 0 saturated heterocycles. The molecular weight excluding hydrogens is 271 g/mol. The van der Waals surface area contributed by atoms with Crippen molar-refractivity contribution in [3.8, 4) is 0 Å². The van der Waals surface area contributed by atoms with Gasteiger partial charge < -0.3 is 0 Å². The summed E-state index contributed by atoms with van der Waals surface area (Å²) in [7, 11) is 0. The summed E-state index contributed by atoms with van der Waals surface area (Å²) in [5.41, 5.74) is 1.39. The molecule has 0 radical (unpaired) electrons. The number of thioether (sulfide) groups is 1. The minimum Gasteiger partial charge on any atom is -0.165 e. The highest BCUT2D eigenvalue weighted by molar-refractivity contribution is 7.98.